The number of hydrogen-bond donors (Lipinski definition) is 0. The number of ether oxygens (including phenoxy) is 1. The zero-order valence-corrected chi connectivity index (χ0v) is 19.8. The summed E-state index contributed by atoms with van der Waals surface area (Å²) < 4.78 is 7.20. The van der Waals surface area contributed by atoms with Crippen molar-refractivity contribution in [3.05, 3.63) is 73.9 Å². The first kappa shape index (κ1) is 21.9. The molecule has 0 atom stereocenters. The van der Waals surface area contributed by atoms with Gasteiger partial charge in [0.1, 0.15) is 5.75 Å². The lowest BCUT2D eigenvalue weighted by atomic mass is 10.1. The predicted octanol–water partition coefficient (Wildman–Crippen LogP) is 6.82. The topological polar surface area (TPSA) is 41.9 Å². The lowest BCUT2D eigenvalue weighted by molar-refractivity contribution is -0.113. The molecule has 0 unspecified atom stereocenters. The Bertz CT molecular complexity index is 1000. The van der Waals surface area contributed by atoms with Crippen LogP contribution in [-0.2, 0) is 4.79 Å². The zero-order valence-electron chi connectivity index (χ0n) is 16.1. The summed E-state index contributed by atoms with van der Waals surface area (Å²) in [5.74, 6) is 0.488. The summed E-state index contributed by atoms with van der Waals surface area (Å²) in [5.41, 5.74) is 2.72. The number of aryl methyl sites for hydroxylation is 1. The predicted molar refractivity (Wildman–Crippen MR) is 132 cm³/mol. The van der Waals surface area contributed by atoms with Crippen molar-refractivity contribution in [1.29, 1.82) is 0 Å². The molecular weight excluding hydrogens is 519 g/mol. The normalized spacial score (nSPS) is 17.1. The summed E-state index contributed by atoms with van der Waals surface area (Å²) in [5, 5.41) is 1.19. The lowest BCUT2D eigenvalue weighted by Gasteiger charge is -2.17. The fraction of sp³-hybridized carbons (Fsp3) is 0.182. The molecule has 3 rings (SSSR count). The average molecular weight is 539 g/mol. The fourth-order valence-corrected chi connectivity index (χ4v) is 4.14. The van der Waals surface area contributed by atoms with Gasteiger partial charge in [-0.3, -0.25) is 14.7 Å². The summed E-state index contributed by atoms with van der Waals surface area (Å²) >= 11 is 9.78. The van der Waals surface area contributed by atoms with Crippen molar-refractivity contribution in [2.24, 2.45) is 4.99 Å². The van der Waals surface area contributed by atoms with Gasteiger partial charge in [0.2, 0.25) is 0 Å². The molecule has 1 amide bonds. The molecule has 1 fully saturated rings. The molecule has 1 heterocycles. The Morgan fingerprint density at radius 2 is 2.07 bits per heavy atom. The van der Waals surface area contributed by atoms with Crippen molar-refractivity contribution in [1.82, 2.24) is 0 Å². The van der Waals surface area contributed by atoms with E-state index in [9.17, 15) is 4.79 Å². The summed E-state index contributed by atoms with van der Waals surface area (Å²) in [6.45, 7) is 4.74. The van der Waals surface area contributed by atoms with Crippen molar-refractivity contribution in [2.45, 2.75) is 20.3 Å². The monoisotopic (exact) mass is 538 g/mol. The van der Waals surface area contributed by atoms with Crippen LogP contribution in [0.2, 0.25) is 5.02 Å². The maximum Gasteiger partial charge on any atom is 0.271 e. The number of anilines is 1. The minimum atomic E-state index is -0.0801. The van der Waals surface area contributed by atoms with Crippen molar-refractivity contribution in [3.8, 4) is 5.75 Å². The number of halogens is 2. The standard InChI is InChI=1S/C22H20ClIN2O2S/c1-3-11-25-22-26(18-7-5-4-6-15(18)2)21(27)20(29-22)14-16-8-9-19(17(23)13-16)28-12-10-24/h4-10,12-14H,3,11H2,1-2H3/b12-10-,20-14+,25-22?. The SMILES string of the molecule is CCCN=C1S/C(=C/c2ccc(O/C=C\I)c(Cl)c2)C(=O)N1c1ccccc1C. The Labute approximate surface area is 193 Å². The third-order valence-corrected chi connectivity index (χ3v) is 5.73. The second kappa shape index (κ2) is 10.3. The summed E-state index contributed by atoms with van der Waals surface area (Å²) in [4.78, 5) is 20.2. The van der Waals surface area contributed by atoms with Crippen LogP contribution in [0.5, 0.6) is 5.75 Å². The molecule has 1 saturated heterocycles. The Balaban J connectivity index is 1.95. The number of benzene rings is 2. The van der Waals surface area contributed by atoms with Crippen LogP contribution in [0.25, 0.3) is 6.08 Å². The highest BCUT2D eigenvalue weighted by molar-refractivity contribution is 14.1. The molecule has 2 aromatic carbocycles. The lowest BCUT2D eigenvalue weighted by Crippen LogP contribution is -2.29. The van der Waals surface area contributed by atoms with E-state index in [2.05, 4.69) is 34.5 Å². The number of carbonyl (C=O) groups excluding carboxylic acids is 1. The number of hydrogen-bond acceptors (Lipinski definition) is 4. The van der Waals surface area contributed by atoms with Crippen LogP contribution >= 0.6 is 46.0 Å². The molecule has 0 N–H and O–H groups in total. The van der Waals surface area contributed by atoms with Gasteiger partial charge in [0.05, 0.1) is 21.9 Å². The largest absolute Gasteiger partial charge is 0.463 e. The highest BCUT2D eigenvalue weighted by Gasteiger charge is 2.35. The van der Waals surface area contributed by atoms with Gasteiger partial charge >= 0.3 is 0 Å². The molecule has 0 bridgehead atoms. The Hall–Kier alpha value is -1.77. The van der Waals surface area contributed by atoms with E-state index >= 15 is 0 Å². The minimum Gasteiger partial charge on any atom is -0.463 e. The first-order valence-electron chi connectivity index (χ1n) is 9.10. The van der Waals surface area contributed by atoms with Gasteiger partial charge in [0.15, 0.2) is 5.17 Å². The number of aliphatic imine (C=N–C) groups is 1. The molecule has 1 aliphatic rings. The smallest absolute Gasteiger partial charge is 0.271 e. The van der Waals surface area contributed by atoms with Crippen molar-refractivity contribution in [2.75, 3.05) is 11.4 Å². The molecule has 2 aromatic rings. The van der Waals surface area contributed by atoms with Crippen molar-refractivity contribution >= 4 is 68.8 Å². The molecule has 0 aliphatic carbocycles. The number of rotatable bonds is 6. The summed E-state index contributed by atoms with van der Waals surface area (Å²) in [7, 11) is 0. The zero-order chi connectivity index (χ0) is 20.8. The van der Waals surface area contributed by atoms with E-state index in [1.54, 1.807) is 27.4 Å². The highest BCUT2D eigenvalue weighted by Crippen LogP contribution is 2.38. The second-order valence-electron chi connectivity index (χ2n) is 6.27. The third-order valence-electron chi connectivity index (χ3n) is 4.13. The van der Waals surface area contributed by atoms with Gasteiger partial charge in [0, 0.05) is 10.6 Å². The van der Waals surface area contributed by atoms with E-state index in [0.717, 1.165) is 23.2 Å². The first-order chi connectivity index (χ1) is 14.0. The van der Waals surface area contributed by atoms with Gasteiger partial charge < -0.3 is 4.74 Å². The van der Waals surface area contributed by atoms with Crippen molar-refractivity contribution < 1.29 is 9.53 Å². The quantitative estimate of drug-likeness (QED) is 0.230. The van der Waals surface area contributed by atoms with Gasteiger partial charge in [-0.05, 0) is 83.1 Å². The minimum absolute atomic E-state index is 0.0801. The van der Waals surface area contributed by atoms with Crippen LogP contribution in [-0.4, -0.2) is 17.6 Å². The van der Waals surface area contributed by atoms with E-state index in [1.165, 1.54) is 11.8 Å². The van der Waals surface area contributed by atoms with Gasteiger partial charge in [0.25, 0.3) is 5.91 Å². The fourth-order valence-electron chi connectivity index (χ4n) is 2.77. The Kier molecular flexibility index (Phi) is 7.80. The number of para-hydroxylation sites is 1. The van der Waals surface area contributed by atoms with E-state index in [1.807, 2.05) is 43.3 Å². The average Bonchev–Trinajstić information content (AvgIpc) is 3.01. The van der Waals surface area contributed by atoms with Gasteiger partial charge in [-0.2, -0.15) is 0 Å². The van der Waals surface area contributed by atoms with E-state index in [4.69, 9.17) is 16.3 Å². The van der Waals surface area contributed by atoms with Crippen LogP contribution in [0.3, 0.4) is 0 Å². The van der Waals surface area contributed by atoms with Crippen LogP contribution in [0.1, 0.15) is 24.5 Å². The van der Waals surface area contributed by atoms with E-state index in [-0.39, 0.29) is 5.91 Å². The Morgan fingerprint density at radius 1 is 1.28 bits per heavy atom. The molecular formula is C22H20ClIN2O2S. The Morgan fingerprint density at radius 3 is 2.76 bits per heavy atom. The molecule has 29 heavy (non-hydrogen) atoms. The molecule has 0 radical (unpaired) electrons. The third kappa shape index (κ3) is 5.24. The number of amides is 1. The van der Waals surface area contributed by atoms with E-state index < -0.39 is 0 Å². The maximum absolute atomic E-state index is 13.2. The number of carbonyl (C=O) groups is 1. The molecule has 0 spiro atoms. The maximum atomic E-state index is 13.2. The molecule has 0 aromatic heterocycles. The molecule has 7 heteroatoms. The summed E-state index contributed by atoms with van der Waals surface area (Å²) in [6, 6.07) is 13.3. The van der Waals surface area contributed by atoms with Crippen LogP contribution in [0.15, 0.2) is 62.7 Å². The molecule has 4 nitrogen and oxygen atoms in total. The van der Waals surface area contributed by atoms with Crippen LogP contribution in [0, 0.1) is 6.92 Å². The first-order valence-corrected chi connectivity index (χ1v) is 11.5. The van der Waals surface area contributed by atoms with E-state index in [0.29, 0.717) is 27.4 Å². The molecule has 150 valence electrons. The number of amidine groups is 1. The van der Waals surface area contributed by atoms with Gasteiger partial charge in [-0.1, -0.05) is 42.8 Å². The molecule has 0 saturated carbocycles. The second-order valence-corrected chi connectivity index (χ2v) is 8.41. The number of thioether (sulfide) groups is 1. The van der Waals surface area contributed by atoms with Gasteiger partial charge in [-0.15, -0.1) is 0 Å². The molecule has 1 aliphatic heterocycles. The van der Waals surface area contributed by atoms with Crippen molar-refractivity contribution in [3.63, 3.8) is 0 Å². The highest BCUT2D eigenvalue weighted by atomic mass is 127. The van der Waals surface area contributed by atoms with Crippen LogP contribution < -0.4 is 9.64 Å². The summed E-state index contributed by atoms with van der Waals surface area (Å²) in [6.07, 6.45) is 4.32. The van der Waals surface area contributed by atoms with Gasteiger partial charge in [-0.25, -0.2) is 0 Å². The number of nitrogens with zero attached hydrogens (tertiary/aromatic N) is 2. The van der Waals surface area contributed by atoms with Crippen LogP contribution in [0.4, 0.5) is 5.69 Å².